The predicted octanol–water partition coefficient (Wildman–Crippen LogP) is 2.26. The highest BCUT2D eigenvalue weighted by atomic mass is 16.2. The zero-order chi connectivity index (χ0) is 14.5. The van der Waals surface area contributed by atoms with Crippen LogP contribution in [0.5, 0.6) is 0 Å². The van der Waals surface area contributed by atoms with Gasteiger partial charge < -0.3 is 10.4 Å². The van der Waals surface area contributed by atoms with Gasteiger partial charge in [-0.3, -0.25) is 4.79 Å². The monoisotopic (exact) mass is 259 g/mol. The number of aliphatic hydroxyl groups is 1. The lowest BCUT2D eigenvalue weighted by atomic mass is 10.0. The van der Waals surface area contributed by atoms with Crippen LogP contribution in [0.3, 0.4) is 0 Å². The highest BCUT2D eigenvalue weighted by Gasteiger charge is 2.17. The van der Waals surface area contributed by atoms with Crippen LogP contribution in [0.2, 0.25) is 0 Å². The number of hydrogen-bond donors (Lipinski definition) is 2. The van der Waals surface area contributed by atoms with E-state index in [1.807, 2.05) is 39.8 Å². The van der Waals surface area contributed by atoms with Crippen molar-refractivity contribution in [2.45, 2.75) is 39.7 Å². The van der Waals surface area contributed by atoms with Crippen LogP contribution >= 0.6 is 0 Å². The van der Waals surface area contributed by atoms with Gasteiger partial charge in [-0.1, -0.05) is 17.9 Å². The number of nitrogens with one attached hydrogen (secondary N) is 1. The molecule has 0 unspecified atom stereocenters. The smallest absolute Gasteiger partial charge is 0.251 e. The van der Waals surface area contributed by atoms with Gasteiger partial charge in [0.05, 0.1) is 6.61 Å². The van der Waals surface area contributed by atoms with Crippen molar-refractivity contribution in [3.63, 3.8) is 0 Å². The molecular formula is C16H21NO2. The summed E-state index contributed by atoms with van der Waals surface area (Å²) in [5.74, 6) is 5.77. The van der Waals surface area contributed by atoms with Crippen molar-refractivity contribution >= 4 is 5.91 Å². The maximum Gasteiger partial charge on any atom is 0.251 e. The fraction of sp³-hybridized carbons (Fsp3) is 0.438. The molecule has 1 aromatic rings. The Hall–Kier alpha value is -1.79. The van der Waals surface area contributed by atoms with Crippen molar-refractivity contribution < 1.29 is 9.90 Å². The van der Waals surface area contributed by atoms with Crippen LogP contribution in [0.15, 0.2) is 18.2 Å². The molecule has 0 radical (unpaired) electrons. The lowest BCUT2D eigenvalue weighted by Crippen LogP contribution is -2.40. The van der Waals surface area contributed by atoms with Crippen LogP contribution in [0, 0.1) is 18.8 Å². The summed E-state index contributed by atoms with van der Waals surface area (Å²) >= 11 is 0. The fourth-order valence-electron chi connectivity index (χ4n) is 1.64. The van der Waals surface area contributed by atoms with Gasteiger partial charge in [-0.25, -0.2) is 0 Å². The number of carbonyl (C=O) groups excluding carboxylic acids is 1. The van der Waals surface area contributed by atoms with E-state index in [2.05, 4.69) is 17.2 Å². The molecule has 102 valence electrons. The van der Waals surface area contributed by atoms with E-state index in [1.54, 1.807) is 6.07 Å². The summed E-state index contributed by atoms with van der Waals surface area (Å²) in [4.78, 5) is 12.2. The average molecular weight is 259 g/mol. The summed E-state index contributed by atoms with van der Waals surface area (Å²) in [6.45, 7) is 7.79. The Bertz CT molecular complexity index is 516. The third-order valence-corrected chi connectivity index (χ3v) is 2.53. The van der Waals surface area contributed by atoms with Crippen molar-refractivity contribution in [1.82, 2.24) is 5.32 Å². The van der Waals surface area contributed by atoms with Crippen molar-refractivity contribution in [2.75, 3.05) is 6.61 Å². The van der Waals surface area contributed by atoms with E-state index in [0.717, 1.165) is 11.1 Å². The molecule has 1 aromatic carbocycles. The summed E-state index contributed by atoms with van der Waals surface area (Å²) in [5, 5.41) is 11.7. The van der Waals surface area contributed by atoms with E-state index in [1.165, 1.54) is 0 Å². The fourth-order valence-corrected chi connectivity index (χ4v) is 1.64. The first-order valence-corrected chi connectivity index (χ1v) is 6.37. The summed E-state index contributed by atoms with van der Waals surface area (Å²) < 4.78 is 0. The maximum atomic E-state index is 12.2. The van der Waals surface area contributed by atoms with E-state index < -0.39 is 0 Å². The van der Waals surface area contributed by atoms with Gasteiger partial charge in [-0.2, -0.15) is 0 Å². The third kappa shape index (κ3) is 4.76. The first-order chi connectivity index (χ1) is 8.85. The van der Waals surface area contributed by atoms with Gasteiger partial charge in [0.15, 0.2) is 0 Å². The van der Waals surface area contributed by atoms with Gasteiger partial charge in [0.1, 0.15) is 0 Å². The highest BCUT2D eigenvalue weighted by Crippen LogP contribution is 2.14. The third-order valence-electron chi connectivity index (χ3n) is 2.53. The number of aliphatic hydroxyl groups excluding tert-OH is 1. The Kier molecular flexibility index (Phi) is 5.14. The van der Waals surface area contributed by atoms with E-state index >= 15 is 0 Å². The second kappa shape index (κ2) is 6.40. The lowest BCUT2D eigenvalue weighted by molar-refractivity contribution is 0.0919. The lowest BCUT2D eigenvalue weighted by Gasteiger charge is -2.21. The largest absolute Gasteiger partial charge is 0.395 e. The number of benzene rings is 1. The number of amides is 1. The number of hydrogen-bond acceptors (Lipinski definition) is 2. The Balaban J connectivity index is 3.02. The first kappa shape index (κ1) is 15.3. The second-order valence-electron chi connectivity index (χ2n) is 5.46. The van der Waals surface area contributed by atoms with E-state index in [9.17, 15) is 4.79 Å². The molecule has 0 saturated carbocycles. The van der Waals surface area contributed by atoms with Crippen molar-refractivity contribution in [3.05, 3.63) is 34.9 Å². The molecule has 1 rings (SSSR count). The molecule has 0 aromatic heterocycles. The van der Waals surface area contributed by atoms with Gasteiger partial charge >= 0.3 is 0 Å². The molecule has 3 nitrogen and oxygen atoms in total. The predicted molar refractivity (Wildman–Crippen MR) is 77.0 cm³/mol. The van der Waals surface area contributed by atoms with Crippen molar-refractivity contribution in [2.24, 2.45) is 0 Å². The minimum atomic E-state index is -0.262. The Morgan fingerprint density at radius 1 is 1.37 bits per heavy atom. The van der Waals surface area contributed by atoms with Gasteiger partial charge in [0.2, 0.25) is 0 Å². The molecule has 1 amide bonds. The molecule has 0 heterocycles. The van der Waals surface area contributed by atoms with Crippen LogP contribution in [-0.4, -0.2) is 23.2 Å². The Morgan fingerprint density at radius 2 is 2.05 bits per heavy atom. The van der Waals surface area contributed by atoms with Crippen molar-refractivity contribution in [3.8, 4) is 11.8 Å². The zero-order valence-corrected chi connectivity index (χ0v) is 12.0. The van der Waals surface area contributed by atoms with Gasteiger partial charge in [-0.15, -0.1) is 0 Å². The first-order valence-electron chi connectivity index (χ1n) is 6.37. The van der Waals surface area contributed by atoms with Gasteiger partial charge in [-0.05, 0) is 45.4 Å². The molecule has 2 N–H and O–H groups in total. The standard InChI is InChI=1S/C16H21NO2/c1-12-13(8-5-6-11-18)9-7-10-14(12)15(19)17-16(2,3)4/h7,9-10,18H,6,11H2,1-4H3,(H,17,19). The molecule has 0 aliphatic carbocycles. The molecule has 0 aliphatic rings. The van der Waals surface area contributed by atoms with E-state index in [-0.39, 0.29) is 18.1 Å². The Morgan fingerprint density at radius 3 is 2.63 bits per heavy atom. The average Bonchev–Trinajstić information content (AvgIpc) is 2.29. The highest BCUT2D eigenvalue weighted by molar-refractivity contribution is 5.96. The van der Waals surface area contributed by atoms with Gasteiger partial charge in [0, 0.05) is 23.1 Å². The van der Waals surface area contributed by atoms with Crippen LogP contribution in [-0.2, 0) is 0 Å². The topological polar surface area (TPSA) is 49.3 Å². The Labute approximate surface area is 115 Å². The minimum Gasteiger partial charge on any atom is -0.395 e. The molecule has 0 fully saturated rings. The SMILES string of the molecule is Cc1c(C#CCCO)cccc1C(=O)NC(C)(C)C. The van der Waals surface area contributed by atoms with Gasteiger partial charge in [0.25, 0.3) is 5.91 Å². The maximum absolute atomic E-state index is 12.2. The molecular weight excluding hydrogens is 238 g/mol. The molecule has 0 aliphatic heterocycles. The zero-order valence-electron chi connectivity index (χ0n) is 12.0. The second-order valence-corrected chi connectivity index (χ2v) is 5.46. The van der Waals surface area contributed by atoms with Crippen LogP contribution in [0.4, 0.5) is 0 Å². The normalized spacial score (nSPS) is 10.6. The number of rotatable bonds is 2. The minimum absolute atomic E-state index is 0.0518. The molecule has 0 saturated heterocycles. The van der Waals surface area contributed by atoms with E-state index in [4.69, 9.17) is 5.11 Å². The molecule has 0 atom stereocenters. The van der Waals surface area contributed by atoms with Crippen molar-refractivity contribution in [1.29, 1.82) is 0 Å². The summed E-state index contributed by atoms with van der Waals surface area (Å²) in [5.41, 5.74) is 2.08. The van der Waals surface area contributed by atoms with E-state index in [0.29, 0.717) is 12.0 Å². The molecule has 0 bridgehead atoms. The quantitative estimate of drug-likeness (QED) is 0.800. The number of carbonyl (C=O) groups is 1. The summed E-state index contributed by atoms with van der Waals surface area (Å²) in [7, 11) is 0. The summed E-state index contributed by atoms with van der Waals surface area (Å²) in [6.07, 6.45) is 0.442. The van der Waals surface area contributed by atoms with Crippen LogP contribution in [0.1, 0.15) is 48.7 Å². The molecule has 19 heavy (non-hydrogen) atoms. The molecule has 3 heteroatoms. The summed E-state index contributed by atoms with van der Waals surface area (Å²) in [6, 6.07) is 5.51. The molecule has 0 spiro atoms. The van der Waals surface area contributed by atoms with Crippen LogP contribution < -0.4 is 5.32 Å². The van der Waals surface area contributed by atoms with Crippen LogP contribution in [0.25, 0.3) is 0 Å².